The van der Waals surface area contributed by atoms with Crippen LogP contribution in [0.4, 0.5) is 0 Å². The van der Waals surface area contributed by atoms with E-state index in [-0.39, 0.29) is 12.1 Å². The molecule has 3 rings (SSSR count). The molecule has 0 unspecified atom stereocenters. The summed E-state index contributed by atoms with van der Waals surface area (Å²) in [6.07, 6.45) is 16.7. The van der Waals surface area contributed by atoms with E-state index in [4.69, 9.17) is 4.74 Å². The second-order valence-electron chi connectivity index (χ2n) is 9.32. The number of ether oxygens (including phenoxy) is 1. The van der Waals surface area contributed by atoms with Gasteiger partial charge in [-0.15, -0.1) is 0 Å². The Morgan fingerprint density at radius 3 is 2.04 bits per heavy atom. The molecule has 2 saturated carbocycles. The predicted octanol–water partition coefficient (Wildman–Crippen LogP) is 7.67. The van der Waals surface area contributed by atoms with Crippen LogP contribution in [0.25, 0.3) is 0 Å². The molecule has 2 fully saturated rings. The minimum Gasteiger partial charge on any atom is -0.459 e. The average Bonchev–Trinajstić information content (AvgIpc) is 2.74. The van der Waals surface area contributed by atoms with Crippen LogP contribution in [0.15, 0.2) is 24.3 Å². The fourth-order valence-corrected chi connectivity index (χ4v) is 5.33. The van der Waals surface area contributed by atoms with E-state index >= 15 is 0 Å². The van der Waals surface area contributed by atoms with Crippen molar-refractivity contribution in [1.29, 1.82) is 0 Å². The number of carbonyl (C=O) groups excluding carboxylic acids is 1. The molecule has 2 nitrogen and oxygen atoms in total. The van der Waals surface area contributed by atoms with Gasteiger partial charge in [-0.3, -0.25) is 0 Å². The fraction of sp³-hybridized carbons (Fsp3) is 0.731. The second-order valence-corrected chi connectivity index (χ2v) is 9.32. The van der Waals surface area contributed by atoms with Gasteiger partial charge in [-0.25, -0.2) is 4.79 Å². The summed E-state index contributed by atoms with van der Waals surface area (Å²) in [5.74, 6) is 2.33. The van der Waals surface area contributed by atoms with Crippen molar-refractivity contribution >= 4 is 5.97 Å². The van der Waals surface area contributed by atoms with Gasteiger partial charge in [0.15, 0.2) is 0 Å². The van der Waals surface area contributed by atoms with E-state index < -0.39 is 0 Å². The van der Waals surface area contributed by atoms with Crippen LogP contribution < -0.4 is 0 Å². The van der Waals surface area contributed by atoms with E-state index in [9.17, 15) is 4.79 Å². The lowest BCUT2D eigenvalue weighted by molar-refractivity contribution is 0.0161. The summed E-state index contributed by atoms with van der Waals surface area (Å²) >= 11 is 0. The fourth-order valence-electron chi connectivity index (χ4n) is 5.33. The van der Waals surface area contributed by atoms with E-state index in [0.29, 0.717) is 5.92 Å². The minimum atomic E-state index is -0.131. The Morgan fingerprint density at radius 1 is 0.821 bits per heavy atom. The second kappa shape index (κ2) is 11.0. The summed E-state index contributed by atoms with van der Waals surface area (Å²) in [6.45, 7) is 4.55. The smallest absolute Gasteiger partial charge is 0.338 e. The van der Waals surface area contributed by atoms with Gasteiger partial charge < -0.3 is 4.74 Å². The summed E-state index contributed by atoms with van der Waals surface area (Å²) in [5.41, 5.74) is 2.13. The SMILES string of the molecule is CCCCC1CCC(c2ccc(C(=O)OC3CCC(CCC)CC3)cc2)CC1. The molecule has 2 heteroatoms. The number of benzene rings is 1. The van der Waals surface area contributed by atoms with Crippen molar-refractivity contribution in [1.82, 2.24) is 0 Å². The zero-order chi connectivity index (χ0) is 19.8. The maximum absolute atomic E-state index is 12.5. The summed E-state index contributed by atoms with van der Waals surface area (Å²) in [6, 6.07) is 8.32. The highest BCUT2D eigenvalue weighted by Crippen LogP contribution is 2.37. The van der Waals surface area contributed by atoms with Crippen LogP contribution in [-0.4, -0.2) is 12.1 Å². The van der Waals surface area contributed by atoms with Crippen LogP contribution in [0.2, 0.25) is 0 Å². The first-order valence-corrected chi connectivity index (χ1v) is 12.0. The average molecular weight is 385 g/mol. The molecule has 156 valence electrons. The number of hydrogen-bond donors (Lipinski definition) is 0. The van der Waals surface area contributed by atoms with Gasteiger partial charge in [0.2, 0.25) is 0 Å². The van der Waals surface area contributed by atoms with Gasteiger partial charge in [-0.05, 0) is 86.8 Å². The largest absolute Gasteiger partial charge is 0.459 e. The molecule has 1 aromatic rings. The lowest BCUT2D eigenvalue weighted by Gasteiger charge is -2.29. The van der Waals surface area contributed by atoms with Gasteiger partial charge in [0.25, 0.3) is 0 Å². The van der Waals surface area contributed by atoms with Crippen molar-refractivity contribution in [3.05, 3.63) is 35.4 Å². The molecule has 0 aliphatic heterocycles. The summed E-state index contributed by atoms with van der Waals surface area (Å²) in [5, 5.41) is 0. The molecule has 0 N–H and O–H groups in total. The van der Waals surface area contributed by atoms with E-state index in [1.54, 1.807) is 0 Å². The summed E-state index contributed by atoms with van der Waals surface area (Å²) in [7, 11) is 0. The number of unbranched alkanes of at least 4 members (excludes halogenated alkanes) is 1. The number of esters is 1. The third kappa shape index (κ3) is 6.09. The highest BCUT2D eigenvalue weighted by atomic mass is 16.5. The number of rotatable bonds is 8. The lowest BCUT2D eigenvalue weighted by atomic mass is 9.77. The van der Waals surface area contributed by atoms with Crippen molar-refractivity contribution in [2.24, 2.45) is 11.8 Å². The van der Waals surface area contributed by atoms with Crippen LogP contribution in [0, 0.1) is 11.8 Å². The zero-order valence-corrected chi connectivity index (χ0v) is 18.1. The lowest BCUT2D eigenvalue weighted by Crippen LogP contribution is -2.24. The molecular weight excluding hydrogens is 344 g/mol. The van der Waals surface area contributed by atoms with Gasteiger partial charge in [-0.2, -0.15) is 0 Å². The topological polar surface area (TPSA) is 26.3 Å². The monoisotopic (exact) mass is 384 g/mol. The maximum Gasteiger partial charge on any atom is 0.338 e. The Bertz CT molecular complexity index is 575. The molecule has 2 aliphatic carbocycles. The Hall–Kier alpha value is -1.31. The van der Waals surface area contributed by atoms with E-state index in [2.05, 4.69) is 26.0 Å². The van der Waals surface area contributed by atoms with Crippen LogP contribution in [0.5, 0.6) is 0 Å². The highest BCUT2D eigenvalue weighted by Gasteiger charge is 2.25. The van der Waals surface area contributed by atoms with Crippen molar-refractivity contribution in [3.8, 4) is 0 Å². The van der Waals surface area contributed by atoms with Gasteiger partial charge in [0.1, 0.15) is 6.10 Å². The molecule has 0 aromatic heterocycles. The van der Waals surface area contributed by atoms with Gasteiger partial charge in [0.05, 0.1) is 5.56 Å². The Labute approximate surface area is 172 Å². The van der Waals surface area contributed by atoms with E-state index in [1.165, 1.54) is 76.2 Å². The van der Waals surface area contributed by atoms with Crippen LogP contribution >= 0.6 is 0 Å². The third-order valence-electron chi connectivity index (χ3n) is 7.19. The zero-order valence-electron chi connectivity index (χ0n) is 18.1. The van der Waals surface area contributed by atoms with Crippen molar-refractivity contribution in [3.63, 3.8) is 0 Å². The van der Waals surface area contributed by atoms with Crippen molar-refractivity contribution in [2.45, 2.75) is 109 Å². The Morgan fingerprint density at radius 2 is 1.43 bits per heavy atom. The standard InChI is InChI=1S/C26H40O2/c1-3-5-7-21-8-12-22(13-9-21)23-14-16-24(17-15-23)26(27)28-25-18-10-20(6-4-2)11-19-25/h14-17,20-22,25H,3-13,18-19H2,1-2H3. The van der Waals surface area contributed by atoms with E-state index in [1.807, 2.05) is 12.1 Å². The minimum absolute atomic E-state index is 0.124. The first kappa shape index (κ1) is 21.4. The summed E-state index contributed by atoms with van der Waals surface area (Å²) in [4.78, 5) is 12.5. The normalized spacial score (nSPS) is 28.1. The molecular formula is C26H40O2. The molecule has 0 saturated heterocycles. The van der Waals surface area contributed by atoms with Crippen molar-refractivity contribution in [2.75, 3.05) is 0 Å². The third-order valence-corrected chi connectivity index (χ3v) is 7.19. The molecule has 0 amide bonds. The van der Waals surface area contributed by atoms with Gasteiger partial charge in [-0.1, -0.05) is 58.1 Å². The summed E-state index contributed by atoms with van der Waals surface area (Å²) < 4.78 is 5.80. The van der Waals surface area contributed by atoms with Crippen LogP contribution in [-0.2, 0) is 4.74 Å². The Kier molecular flexibility index (Phi) is 8.43. The molecule has 0 radical (unpaired) electrons. The molecule has 1 aromatic carbocycles. The highest BCUT2D eigenvalue weighted by molar-refractivity contribution is 5.89. The number of hydrogen-bond acceptors (Lipinski definition) is 2. The molecule has 0 bridgehead atoms. The number of carbonyl (C=O) groups is 1. The van der Waals surface area contributed by atoms with Crippen LogP contribution in [0.3, 0.4) is 0 Å². The van der Waals surface area contributed by atoms with Crippen LogP contribution in [0.1, 0.15) is 119 Å². The van der Waals surface area contributed by atoms with E-state index in [0.717, 1.165) is 30.2 Å². The molecule has 0 spiro atoms. The first-order chi connectivity index (χ1) is 13.7. The molecule has 2 aliphatic rings. The maximum atomic E-state index is 12.5. The molecule has 28 heavy (non-hydrogen) atoms. The predicted molar refractivity (Wildman–Crippen MR) is 117 cm³/mol. The van der Waals surface area contributed by atoms with Crippen molar-refractivity contribution < 1.29 is 9.53 Å². The Balaban J connectivity index is 1.45. The first-order valence-electron chi connectivity index (χ1n) is 12.0. The van der Waals surface area contributed by atoms with Gasteiger partial charge >= 0.3 is 5.97 Å². The molecule has 0 atom stereocenters. The quantitative estimate of drug-likeness (QED) is 0.430. The molecule has 0 heterocycles. The van der Waals surface area contributed by atoms with Gasteiger partial charge in [0, 0.05) is 0 Å².